The third-order valence-corrected chi connectivity index (χ3v) is 5.38. The third-order valence-electron chi connectivity index (χ3n) is 4.54. The number of halogens is 4. The van der Waals surface area contributed by atoms with E-state index in [1.165, 1.54) is 17.5 Å². The van der Waals surface area contributed by atoms with Gasteiger partial charge in [-0.1, -0.05) is 12.0 Å². The number of pyridine rings is 1. The van der Waals surface area contributed by atoms with Crippen molar-refractivity contribution in [2.45, 2.75) is 36.0 Å². The predicted molar refractivity (Wildman–Crippen MR) is 107 cm³/mol. The summed E-state index contributed by atoms with van der Waals surface area (Å²) in [5, 5.41) is 9.77. The number of amides is 1. The molecule has 0 saturated carbocycles. The molecule has 2 aromatic rings. The summed E-state index contributed by atoms with van der Waals surface area (Å²) in [6.07, 6.45) is -0.557. The summed E-state index contributed by atoms with van der Waals surface area (Å²) in [6, 6.07) is 4.27. The zero-order chi connectivity index (χ0) is 21.9. The van der Waals surface area contributed by atoms with E-state index in [4.69, 9.17) is 0 Å². The summed E-state index contributed by atoms with van der Waals surface area (Å²) >= 11 is -0.298. The van der Waals surface area contributed by atoms with Crippen molar-refractivity contribution in [2.75, 3.05) is 32.0 Å². The Morgan fingerprint density at radius 2 is 2.17 bits per heavy atom. The highest BCUT2D eigenvalue weighted by Crippen LogP contribution is 2.41. The number of nitrogens with zero attached hydrogens (tertiary/aromatic N) is 3. The minimum absolute atomic E-state index is 0.0104. The molecule has 0 spiro atoms. The van der Waals surface area contributed by atoms with Gasteiger partial charge in [0.1, 0.15) is 17.7 Å². The minimum atomic E-state index is -4.53. The second-order valence-corrected chi connectivity index (χ2v) is 8.04. The lowest BCUT2D eigenvalue weighted by atomic mass is 10.0. The number of carbonyl (C=O) groups is 1. The Bertz CT molecular complexity index is 981. The SMILES string of the molecule is CC(=O)NCC#Cc1nn2c(NC3CCN(C)CC3F)cccc2c1SC(F)(F)F. The van der Waals surface area contributed by atoms with E-state index in [-0.39, 0.29) is 46.9 Å². The van der Waals surface area contributed by atoms with Crippen LogP contribution in [0.5, 0.6) is 0 Å². The first kappa shape index (κ1) is 22.2. The Kier molecular flexibility index (Phi) is 6.77. The van der Waals surface area contributed by atoms with E-state index in [9.17, 15) is 22.4 Å². The standard InChI is InChI=1S/C19H21F4N5OS/c1-12(29)24-9-4-5-15-18(30-19(21,22)23)16-6-3-7-17(28(16)26-15)25-14-8-10-27(2)11-13(14)20/h3,6-7,13-14,25H,8-11H2,1-2H3,(H,24,29). The van der Waals surface area contributed by atoms with Gasteiger partial charge in [-0.2, -0.15) is 18.3 Å². The van der Waals surface area contributed by atoms with Crippen molar-refractivity contribution in [2.24, 2.45) is 0 Å². The number of carbonyl (C=O) groups excluding carboxylic acids is 1. The van der Waals surface area contributed by atoms with Crippen LogP contribution in [-0.2, 0) is 4.79 Å². The van der Waals surface area contributed by atoms with Crippen molar-refractivity contribution >= 4 is 29.0 Å². The fraction of sp³-hybridized carbons (Fsp3) is 0.474. The molecule has 2 unspecified atom stereocenters. The molecule has 0 bridgehead atoms. The molecule has 0 aromatic carbocycles. The van der Waals surface area contributed by atoms with Gasteiger partial charge >= 0.3 is 5.51 Å². The monoisotopic (exact) mass is 443 g/mol. The number of nitrogens with one attached hydrogen (secondary N) is 2. The Morgan fingerprint density at radius 3 is 2.83 bits per heavy atom. The van der Waals surface area contributed by atoms with Gasteiger partial charge in [0.2, 0.25) is 5.91 Å². The number of thioether (sulfide) groups is 1. The van der Waals surface area contributed by atoms with Crippen LogP contribution >= 0.6 is 11.8 Å². The van der Waals surface area contributed by atoms with Gasteiger partial charge in [-0.3, -0.25) is 4.79 Å². The highest BCUT2D eigenvalue weighted by atomic mass is 32.2. The van der Waals surface area contributed by atoms with Crippen LogP contribution in [0, 0.1) is 11.8 Å². The zero-order valence-corrected chi connectivity index (χ0v) is 17.2. The van der Waals surface area contributed by atoms with Crippen molar-refractivity contribution in [3.63, 3.8) is 0 Å². The van der Waals surface area contributed by atoms with Gasteiger partial charge in [-0.15, -0.1) is 0 Å². The van der Waals surface area contributed by atoms with Crippen LogP contribution in [0.2, 0.25) is 0 Å². The Hall–Kier alpha value is -2.45. The molecule has 30 heavy (non-hydrogen) atoms. The molecule has 0 radical (unpaired) electrons. The molecule has 2 N–H and O–H groups in total. The fourth-order valence-electron chi connectivity index (χ4n) is 3.16. The summed E-state index contributed by atoms with van der Waals surface area (Å²) in [5.41, 5.74) is -4.37. The molecule has 1 fully saturated rings. The van der Waals surface area contributed by atoms with Crippen molar-refractivity contribution < 1.29 is 22.4 Å². The fourth-order valence-corrected chi connectivity index (χ4v) is 3.84. The molecule has 1 aliphatic heterocycles. The molecular weight excluding hydrogens is 422 g/mol. The van der Waals surface area contributed by atoms with Crippen molar-refractivity contribution in [3.8, 4) is 11.8 Å². The number of hydrogen-bond acceptors (Lipinski definition) is 5. The maximum Gasteiger partial charge on any atom is 0.446 e. The summed E-state index contributed by atoms with van der Waals surface area (Å²) < 4.78 is 55.1. The number of anilines is 1. The second-order valence-electron chi connectivity index (χ2n) is 6.96. The molecule has 1 amide bonds. The highest BCUT2D eigenvalue weighted by Gasteiger charge is 2.33. The van der Waals surface area contributed by atoms with Crippen molar-refractivity contribution in [1.29, 1.82) is 0 Å². The Morgan fingerprint density at radius 1 is 1.40 bits per heavy atom. The number of aromatic nitrogens is 2. The molecule has 2 aromatic heterocycles. The number of rotatable bonds is 4. The van der Waals surface area contributed by atoms with E-state index in [1.807, 2.05) is 11.9 Å². The average molecular weight is 443 g/mol. The van der Waals surface area contributed by atoms with E-state index < -0.39 is 17.7 Å². The minimum Gasteiger partial charge on any atom is -0.364 e. The lowest BCUT2D eigenvalue weighted by Crippen LogP contribution is -2.46. The molecule has 0 aliphatic carbocycles. The van der Waals surface area contributed by atoms with Gasteiger partial charge in [0.05, 0.1) is 23.0 Å². The van der Waals surface area contributed by atoms with Gasteiger partial charge in [-0.25, -0.2) is 8.91 Å². The van der Waals surface area contributed by atoms with Crippen LogP contribution in [0.25, 0.3) is 5.52 Å². The van der Waals surface area contributed by atoms with Crippen molar-refractivity contribution in [3.05, 3.63) is 23.9 Å². The van der Waals surface area contributed by atoms with Gasteiger partial charge in [-0.05, 0) is 43.3 Å². The molecule has 1 aliphatic rings. The van der Waals surface area contributed by atoms with E-state index in [0.717, 1.165) is 0 Å². The quantitative estimate of drug-likeness (QED) is 0.432. The normalized spacial score (nSPS) is 19.9. The molecule has 6 nitrogen and oxygen atoms in total. The summed E-state index contributed by atoms with van der Waals surface area (Å²) in [5.74, 6) is 5.30. The van der Waals surface area contributed by atoms with E-state index >= 15 is 0 Å². The molecule has 3 rings (SSSR count). The number of likely N-dealkylation sites (tertiary alicyclic amines) is 1. The summed E-state index contributed by atoms with van der Waals surface area (Å²) in [4.78, 5) is 12.7. The topological polar surface area (TPSA) is 61.7 Å². The molecule has 1 saturated heterocycles. The number of piperidine rings is 1. The molecule has 3 heterocycles. The second kappa shape index (κ2) is 9.14. The third kappa shape index (κ3) is 5.58. The number of alkyl halides is 4. The lowest BCUT2D eigenvalue weighted by molar-refractivity contribution is -0.118. The van der Waals surface area contributed by atoms with Gasteiger partial charge in [0.15, 0.2) is 0 Å². The van der Waals surface area contributed by atoms with Gasteiger partial charge in [0, 0.05) is 20.0 Å². The lowest BCUT2D eigenvalue weighted by Gasteiger charge is -2.33. The largest absolute Gasteiger partial charge is 0.446 e. The van der Waals surface area contributed by atoms with Gasteiger partial charge in [0.25, 0.3) is 0 Å². The Balaban J connectivity index is 1.96. The van der Waals surface area contributed by atoms with Gasteiger partial charge < -0.3 is 15.5 Å². The first-order valence-electron chi connectivity index (χ1n) is 9.24. The smallest absolute Gasteiger partial charge is 0.364 e. The van der Waals surface area contributed by atoms with Crippen LogP contribution in [0.3, 0.4) is 0 Å². The Labute approximate surface area is 175 Å². The summed E-state index contributed by atoms with van der Waals surface area (Å²) in [6.45, 7) is 2.30. The molecule has 2 atom stereocenters. The first-order valence-corrected chi connectivity index (χ1v) is 10.1. The molecule has 162 valence electrons. The first-order chi connectivity index (χ1) is 14.1. The molecule has 11 heteroatoms. The summed E-state index contributed by atoms with van der Waals surface area (Å²) in [7, 11) is 1.84. The number of fused-ring (bicyclic) bond motifs is 1. The maximum absolute atomic E-state index is 14.4. The van der Waals surface area contributed by atoms with E-state index in [2.05, 4.69) is 27.6 Å². The van der Waals surface area contributed by atoms with Crippen LogP contribution in [0.1, 0.15) is 19.0 Å². The molecular formula is C19H21F4N5OS. The van der Waals surface area contributed by atoms with Crippen molar-refractivity contribution in [1.82, 2.24) is 19.8 Å². The maximum atomic E-state index is 14.4. The zero-order valence-electron chi connectivity index (χ0n) is 16.4. The highest BCUT2D eigenvalue weighted by molar-refractivity contribution is 8.00. The van der Waals surface area contributed by atoms with E-state index in [0.29, 0.717) is 18.8 Å². The van der Waals surface area contributed by atoms with Crippen LogP contribution in [-0.4, -0.2) is 64.8 Å². The van der Waals surface area contributed by atoms with Crippen LogP contribution in [0.15, 0.2) is 23.1 Å². The predicted octanol–water partition coefficient (Wildman–Crippen LogP) is 2.89. The average Bonchev–Trinajstić information content (AvgIpc) is 2.98. The number of hydrogen-bond donors (Lipinski definition) is 2. The van der Waals surface area contributed by atoms with Crippen LogP contribution in [0.4, 0.5) is 23.4 Å². The van der Waals surface area contributed by atoms with E-state index in [1.54, 1.807) is 12.1 Å². The van der Waals surface area contributed by atoms with Crippen LogP contribution < -0.4 is 10.6 Å².